The van der Waals surface area contributed by atoms with Gasteiger partial charge in [-0.1, -0.05) is 0 Å². The van der Waals surface area contributed by atoms with Gasteiger partial charge in [0.1, 0.15) is 10.4 Å². The van der Waals surface area contributed by atoms with E-state index in [-0.39, 0.29) is 12.2 Å². The summed E-state index contributed by atoms with van der Waals surface area (Å²) in [6, 6.07) is 6.72. The molecular weight excluding hydrogens is 313 g/mol. The summed E-state index contributed by atoms with van der Waals surface area (Å²) in [6.45, 7) is 0. The van der Waals surface area contributed by atoms with Crippen molar-refractivity contribution in [3.63, 3.8) is 0 Å². The normalized spacial score (nSPS) is 10.3. The summed E-state index contributed by atoms with van der Waals surface area (Å²) in [4.78, 5) is 4.32. The SMILES string of the molecule is COc1ccc(-c2nc(Br)c(CC#N)n2C)cc1F. The first-order valence-electron chi connectivity index (χ1n) is 5.50. The fourth-order valence-electron chi connectivity index (χ4n) is 1.83. The van der Waals surface area contributed by atoms with E-state index in [0.717, 1.165) is 5.69 Å². The Labute approximate surface area is 118 Å². The summed E-state index contributed by atoms with van der Waals surface area (Å²) >= 11 is 3.31. The topological polar surface area (TPSA) is 50.8 Å². The maximum atomic E-state index is 13.7. The van der Waals surface area contributed by atoms with E-state index in [1.54, 1.807) is 23.7 Å². The third-order valence-corrected chi connectivity index (χ3v) is 3.46. The van der Waals surface area contributed by atoms with Crippen molar-refractivity contribution in [1.82, 2.24) is 9.55 Å². The lowest BCUT2D eigenvalue weighted by Crippen LogP contribution is -1.99. The Morgan fingerprint density at radius 3 is 2.84 bits per heavy atom. The highest BCUT2D eigenvalue weighted by molar-refractivity contribution is 9.10. The van der Waals surface area contributed by atoms with Crippen molar-refractivity contribution in [2.75, 3.05) is 7.11 Å². The molecule has 0 atom stereocenters. The lowest BCUT2D eigenvalue weighted by molar-refractivity contribution is 0.386. The minimum absolute atomic E-state index is 0.189. The summed E-state index contributed by atoms with van der Waals surface area (Å²) in [6.07, 6.45) is 0.239. The Morgan fingerprint density at radius 2 is 2.26 bits per heavy atom. The lowest BCUT2D eigenvalue weighted by atomic mass is 10.2. The van der Waals surface area contributed by atoms with E-state index in [9.17, 15) is 4.39 Å². The highest BCUT2D eigenvalue weighted by Gasteiger charge is 2.15. The van der Waals surface area contributed by atoms with E-state index in [1.165, 1.54) is 13.2 Å². The smallest absolute Gasteiger partial charge is 0.165 e. The van der Waals surface area contributed by atoms with Gasteiger partial charge in [-0.2, -0.15) is 5.26 Å². The van der Waals surface area contributed by atoms with Gasteiger partial charge in [-0.15, -0.1) is 0 Å². The minimum atomic E-state index is -0.444. The second kappa shape index (κ2) is 5.41. The van der Waals surface area contributed by atoms with Crippen LogP contribution in [-0.2, 0) is 13.5 Å². The van der Waals surface area contributed by atoms with Crippen molar-refractivity contribution < 1.29 is 9.13 Å². The molecule has 0 aliphatic carbocycles. The third kappa shape index (κ3) is 2.47. The highest BCUT2D eigenvalue weighted by atomic mass is 79.9. The molecule has 19 heavy (non-hydrogen) atoms. The van der Waals surface area contributed by atoms with Gasteiger partial charge in [-0.25, -0.2) is 9.37 Å². The number of hydrogen-bond donors (Lipinski definition) is 0. The Morgan fingerprint density at radius 1 is 1.53 bits per heavy atom. The van der Waals surface area contributed by atoms with Crippen LogP contribution in [0, 0.1) is 17.1 Å². The number of aromatic nitrogens is 2. The number of imidazole rings is 1. The average molecular weight is 324 g/mol. The largest absolute Gasteiger partial charge is 0.494 e. The summed E-state index contributed by atoms with van der Waals surface area (Å²) < 4.78 is 20.9. The van der Waals surface area contributed by atoms with Crippen LogP contribution in [0.1, 0.15) is 5.69 Å². The van der Waals surface area contributed by atoms with Gasteiger partial charge in [0.2, 0.25) is 0 Å². The van der Waals surface area contributed by atoms with E-state index in [1.807, 2.05) is 0 Å². The van der Waals surface area contributed by atoms with Crippen molar-refractivity contribution in [3.8, 4) is 23.2 Å². The highest BCUT2D eigenvalue weighted by Crippen LogP contribution is 2.28. The zero-order chi connectivity index (χ0) is 14.0. The molecule has 6 heteroatoms. The van der Waals surface area contributed by atoms with Crippen LogP contribution in [0.15, 0.2) is 22.8 Å². The van der Waals surface area contributed by atoms with Gasteiger partial charge in [0.05, 0.1) is 25.3 Å². The molecule has 0 saturated carbocycles. The number of rotatable bonds is 3. The standard InChI is InChI=1S/C13H11BrFN3O/c1-18-10(5-6-16)12(14)17-13(18)8-3-4-11(19-2)9(15)7-8/h3-4,7H,5H2,1-2H3. The predicted octanol–water partition coefficient (Wildman–Crippen LogP) is 3.06. The zero-order valence-electron chi connectivity index (χ0n) is 10.4. The van der Waals surface area contributed by atoms with E-state index >= 15 is 0 Å². The Kier molecular flexibility index (Phi) is 3.86. The lowest BCUT2D eigenvalue weighted by Gasteiger charge is -2.06. The van der Waals surface area contributed by atoms with Gasteiger partial charge in [0, 0.05) is 12.6 Å². The molecule has 0 amide bonds. The molecule has 0 radical (unpaired) electrons. The van der Waals surface area contributed by atoms with E-state index < -0.39 is 5.82 Å². The molecule has 0 aliphatic heterocycles. The molecule has 0 bridgehead atoms. The van der Waals surface area contributed by atoms with E-state index in [2.05, 4.69) is 27.0 Å². The van der Waals surface area contributed by atoms with Crippen LogP contribution in [-0.4, -0.2) is 16.7 Å². The molecule has 0 unspecified atom stereocenters. The Bertz CT molecular complexity index is 661. The Hall–Kier alpha value is -1.87. The second-order valence-electron chi connectivity index (χ2n) is 3.92. The molecule has 1 aromatic carbocycles. The predicted molar refractivity (Wildman–Crippen MR) is 72.2 cm³/mol. The monoisotopic (exact) mass is 323 g/mol. The maximum Gasteiger partial charge on any atom is 0.165 e. The van der Waals surface area contributed by atoms with Gasteiger partial charge in [-0.05, 0) is 34.1 Å². The maximum absolute atomic E-state index is 13.7. The second-order valence-corrected chi connectivity index (χ2v) is 4.67. The van der Waals surface area contributed by atoms with Gasteiger partial charge >= 0.3 is 0 Å². The van der Waals surface area contributed by atoms with Gasteiger partial charge in [0.15, 0.2) is 11.6 Å². The summed E-state index contributed by atoms with van der Waals surface area (Å²) in [7, 11) is 3.21. The average Bonchev–Trinajstić information content (AvgIpc) is 2.67. The molecule has 1 aromatic heterocycles. The molecule has 98 valence electrons. The first kappa shape index (κ1) is 13.6. The number of nitrogens with zero attached hydrogens (tertiary/aromatic N) is 3. The van der Waals surface area contributed by atoms with Gasteiger partial charge in [0.25, 0.3) is 0 Å². The zero-order valence-corrected chi connectivity index (χ0v) is 12.0. The third-order valence-electron chi connectivity index (χ3n) is 2.82. The molecule has 4 nitrogen and oxygen atoms in total. The van der Waals surface area contributed by atoms with Crippen molar-refractivity contribution in [1.29, 1.82) is 5.26 Å². The van der Waals surface area contributed by atoms with Crippen LogP contribution < -0.4 is 4.74 Å². The first-order valence-corrected chi connectivity index (χ1v) is 6.29. The molecule has 2 rings (SSSR count). The molecule has 0 spiro atoms. The number of halogens is 2. The van der Waals surface area contributed by atoms with Crippen molar-refractivity contribution in [2.24, 2.45) is 7.05 Å². The molecule has 0 N–H and O–H groups in total. The molecule has 1 heterocycles. The van der Waals surface area contributed by atoms with Crippen LogP contribution >= 0.6 is 15.9 Å². The van der Waals surface area contributed by atoms with Crippen molar-refractivity contribution >= 4 is 15.9 Å². The molecule has 0 aliphatic rings. The fourth-order valence-corrected chi connectivity index (χ4v) is 2.40. The van der Waals surface area contributed by atoms with Gasteiger partial charge < -0.3 is 9.30 Å². The van der Waals surface area contributed by atoms with Crippen LogP contribution in [0.3, 0.4) is 0 Å². The van der Waals surface area contributed by atoms with Crippen LogP contribution in [0.4, 0.5) is 4.39 Å². The summed E-state index contributed by atoms with van der Waals surface area (Å²) in [5.41, 5.74) is 1.39. The number of ether oxygens (including phenoxy) is 1. The molecule has 2 aromatic rings. The van der Waals surface area contributed by atoms with Crippen molar-refractivity contribution in [3.05, 3.63) is 34.3 Å². The van der Waals surface area contributed by atoms with Gasteiger partial charge in [-0.3, -0.25) is 0 Å². The van der Waals surface area contributed by atoms with E-state index in [0.29, 0.717) is 16.0 Å². The molecule has 0 fully saturated rings. The quantitative estimate of drug-likeness (QED) is 0.872. The Balaban J connectivity index is 2.51. The fraction of sp³-hybridized carbons (Fsp3) is 0.231. The molecule has 0 saturated heterocycles. The summed E-state index contributed by atoms with van der Waals surface area (Å²) in [5, 5.41) is 8.77. The van der Waals surface area contributed by atoms with Crippen molar-refractivity contribution in [2.45, 2.75) is 6.42 Å². The first-order chi connectivity index (χ1) is 9.08. The number of methoxy groups -OCH3 is 1. The number of hydrogen-bond acceptors (Lipinski definition) is 3. The van der Waals surface area contributed by atoms with Crippen LogP contribution in [0.5, 0.6) is 5.75 Å². The minimum Gasteiger partial charge on any atom is -0.494 e. The number of nitriles is 1. The van der Waals surface area contributed by atoms with Crippen LogP contribution in [0.2, 0.25) is 0 Å². The number of benzene rings is 1. The van der Waals surface area contributed by atoms with E-state index in [4.69, 9.17) is 10.00 Å². The summed E-state index contributed by atoms with van der Waals surface area (Å²) in [5.74, 6) is 0.342. The van der Waals surface area contributed by atoms with Crippen LogP contribution in [0.25, 0.3) is 11.4 Å². The molecular formula is C13H11BrFN3O.